The number of hydrogen-bond acceptors (Lipinski definition) is 6. The van der Waals surface area contributed by atoms with E-state index in [-0.39, 0.29) is 32.7 Å². The van der Waals surface area contributed by atoms with Gasteiger partial charge in [0.15, 0.2) is 0 Å². The lowest BCUT2D eigenvalue weighted by molar-refractivity contribution is -0.137. The fraction of sp³-hybridized carbons (Fsp3) is 0.325. The number of alkyl halides is 3. The number of nitrogens with one attached hydrogen (secondary N) is 1. The van der Waals surface area contributed by atoms with Gasteiger partial charge in [0.1, 0.15) is 24.1 Å². The van der Waals surface area contributed by atoms with Gasteiger partial charge in [0.25, 0.3) is 0 Å². The number of benzene rings is 4. The van der Waals surface area contributed by atoms with Crippen molar-refractivity contribution in [1.29, 1.82) is 0 Å². The minimum absolute atomic E-state index is 0.00556. The molecule has 1 aliphatic heterocycles. The monoisotopic (exact) mass is 702 g/mol. The molecule has 5 rings (SSSR count). The minimum Gasteiger partial charge on any atom is -0.489 e. The van der Waals surface area contributed by atoms with E-state index >= 15 is 0 Å². The quantitative estimate of drug-likeness (QED) is 0.0803. The molecule has 0 bridgehead atoms. The molecule has 4 aromatic rings. The summed E-state index contributed by atoms with van der Waals surface area (Å²) >= 11 is 0. The number of nitrogens with zero attached hydrogens (tertiary/aromatic N) is 1. The summed E-state index contributed by atoms with van der Waals surface area (Å²) in [5.74, 6) is -0.278. The molecule has 4 aromatic carbocycles. The van der Waals surface area contributed by atoms with E-state index in [0.717, 1.165) is 48.1 Å². The van der Waals surface area contributed by atoms with E-state index in [1.165, 1.54) is 17.0 Å². The van der Waals surface area contributed by atoms with Crippen LogP contribution in [0.5, 0.6) is 11.5 Å². The standard InChI is InChI=1S/C40H41F3N2O6/c1-2-3-4-8-25-49-39(48)45-24-22-31-15-20-34(50-27-28-11-16-32(17-12-28)40(41,42)43)26-35(31)37(45)38(47)44-23-21-36(46)51-33-18-13-30(14-19-33)29-9-6-5-7-10-29/h5-7,9-20,26,37H,2-4,8,21-25,27H2,1H3,(H,44,47)/t37-/m0/s1. The van der Waals surface area contributed by atoms with Crippen LogP contribution in [0.4, 0.5) is 18.0 Å². The maximum absolute atomic E-state index is 13.8. The zero-order valence-electron chi connectivity index (χ0n) is 28.4. The number of hydrogen-bond donors (Lipinski definition) is 1. The molecule has 1 heterocycles. The van der Waals surface area contributed by atoms with Crippen LogP contribution in [-0.4, -0.2) is 42.6 Å². The fourth-order valence-electron chi connectivity index (χ4n) is 5.80. The number of carbonyl (C=O) groups is 3. The third-order valence-electron chi connectivity index (χ3n) is 8.56. The number of rotatable bonds is 14. The van der Waals surface area contributed by atoms with Gasteiger partial charge in [-0.3, -0.25) is 14.5 Å². The highest BCUT2D eigenvalue weighted by Crippen LogP contribution is 2.34. The van der Waals surface area contributed by atoms with Crippen LogP contribution in [0, 0.1) is 0 Å². The molecule has 0 saturated heterocycles. The molecule has 0 fully saturated rings. The summed E-state index contributed by atoms with van der Waals surface area (Å²) in [7, 11) is 0. The number of carbonyl (C=O) groups excluding carboxylic acids is 3. The van der Waals surface area contributed by atoms with Crippen molar-refractivity contribution in [3.63, 3.8) is 0 Å². The van der Waals surface area contributed by atoms with Crippen LogP contribution < -0.4 is 14.8 Å². The van der Waals surface area contributed by atoms with E-state index in [1.807, 2.05) is 48.5 Å². The van der Waals surface area contributed by atoms with Crippen LogP contribution in [0.15, 0.2) is 97.1 Å². The van der Waals surface area contributed by atoms with E-state index in [4.69, 9.17) is 14.2 Å². The molecular weight excluding hydrogens is 661 g/mol. The van der Waals surface area contributed by atoms with Gasteiger partial charge in [-0.1, -0.05) is 86.8 Å². The average molecular weight is 703 g/mol. The van der Waals surface area contributed by atoms with Crippen molar-refractivity contribution in [2.75, 3.05) is 19.7 Å². The molecule has 2 amide bonds. The van der Waals surface area contributed by atoms with E-state index in [0.29, 0.717) is 35.5 Å². The highest BCUT2D eigenvalue weighted by Gasteiger charge is 2.37. The molecule has 0 unspecified atom stereocenters. The van der Waals surface area contributed by atoms with E-state index < -0.39 is 35.8 Å². The summed E-state index contributed by atoms with van der Waals surface area (Å²) in [5.41, 5.74) is 3.16. The first-order valence-electron chi connectivity index (χ1n) is 17.1. The molecule has 1 atom stereocenters. The second kappa shape index (κ2) is 17.6. The van der Waals surface area contributed by atoms with Crippen LogP contribution in [0.25, 0.3) is 11.1 Å². The summed E-state index contributed by atoms with van der Waals surface area (Å²) in [6.45, 7) is 2.52. The molecule has 0 aliphatic carbocycles. The largest absolute Gasteiger partial charge is 0.489 e. The van der Waals surface area contributed by atoms with Crippen LogP contribution in [0.3, 0.4) is 0 Å². The lowest BCUT2D eigenvalue weighted by atomic mass is 9.92. The molecule has 0 spiro atoms. The Morgan fingerprint density at radius 3 is 2.25 bits per heavy atom. The number of esters is 1. The van der Waals surface area contributed by atoms with Gasteiger partial charge in [-0.05, 0) is 77.1 Å². The third kappa shape index (κ3) is 10.3. The molecule has 1 N–H and O–H groups in total. The maximum atomic E-state index is 13.8. The SMILES string of the molecule is CCCCCCOC(=O)N1CCc2ccc(OCc3ccc(C(F)(F)F)cc3)cc2[C@H]1C(=O)NCCC(=O)Oc1ccc(-c2ccccc2)cc1. The van der Waals surface area contributed by atoms with Crippen molar-refractivity contribution in [2.45, 2.75) is 64.3 Å². The molecule has 51 heavy (non-hydrogen) atoms. The molecule has 268 valence electrons. The fourth-order valence-corrected chi connectivity index (χ4v) is 5.80. The van der Waals surface area contributed by atoms with Crippen molar-refractivity contribution in [2.24, 2.45) is 0 Å². The van der Waals surface area contributed by atoms with Gasteiger partial charge >= 0.3 is 18.2 Å². The molecule has 0 saturated carbocycles. The Balaban J connectivity index is 1.24. The van der Waals surface area contributed by atoms with E-state index in [9.17, 15) is 27.6 Å². The molecule has 1 aliphatic rings. The van der Waals surface area contributed by atoms with Crippen molar-refractivity contribution in [3.8, 4) is 22.6 Å². The number of amides is 2. The predicted molar refractivity (Wildman–Crippen MR) is 186 cm³/mol. The van der Waals surface area contributed by atoms with Gasteiger partial charge in [-0.15, -0.1) is 0 Å². The molecule has 0 aromatic heterocycles. The van der Waals surface area contributed by atoms with Gasteiger partial charge in [0.2, 0.25) is 5.91 Å². The predicted octanol–water partition coefficient (Wildman–Crippen LogP) is 8.68. The first kappa shape index (κ1) is 36.9. The van der Waals surface area contributed by atoms with Gasteiger partial charge < -0.3 is 19.5 Å². The smallest absolute Gasteiger partial charge is 0.416 e. The Morgan fingerprint density at radius 2 is 1.55 bits per heavy atom. The highest BCUT2D eigenvalue weighted by atomic mass is 19.4. The lowest BCUT2D eigenvalue weighted by Crippen LogP contribution is -2.47. The van der Waals surface area contributed by atoms with Gasteiger partial charge in [0, 0.05) is 13.1 Å². The number of halogens is 3. The maximum Gasteiger partial charge on any atom is 0.416 e. The number of fused-ring (bicyclic) bond motifs is 1. The van der Waals surface area contributed by atoms with Crippen LogP contribution in [-0.2, 0) is 33.5 Å². The molecule has 8 nitrogen and oxygen atoms in total. The zero-order valence-corrected chi connectivity index (χ0v) is 28.4. The van der Waals surface area contributed by atoms with Gasteiger partial charge in [-0.25, -0.2) is 4.79 Å². The topological polar surface area (TPSA) is 94.2 Å². The van der Waals surface area contributed by atoms with Gasteiger partial charge in [-0.2, -0.15) is 13.2 Å². The van der Waals surface area contributed by atoms with Crippen LogP contribution in [0.2, 0.25) is 0 Å². The summed E-state index contributed by atoms with van der Waals surface area (Å²) in [4.78, 5) is 41.1. The number of ether oxygens (including phenoxy) is 3. The summed E-state index contributed by atoms with van der Waals surface area (Å²) in [6.07, 6.45) is -1.00. The Bertz CT molecular complexity index is 1760. The highest BCUT2D eigenvalue weighted by molar-refractivity contribution is 5.88. The zero-order chi connectivity index (χ0) is 36.2. The first-order chi connectivity index (χ1) is 24.6. The Morgan fingerprint density at radius 1 is 0.843 bits per heavy atom. The summed E-state index contributed by atoms with van der Waals surface area (Å²) in [6, 6.07) is 25.8. The second-order valence-electron chi connectivity index (χ2n) is 12.3. The first-order valence-corrected chi connectivity index (χ1v) is 17.1. The normalized spacial score (nSPS) is 14.0. The minimum atomic E-state index is -4.44. The van der Waals surface area contributed by atoms with Crippen LogP contribution in [0.1, 0.15) is 67.3 Å². The summed E-state index contributed by atoms with van der Waals surface area (Å²) < 4.78 is 55.9. The van der Waals surface area contributed by atoms with Gasteiger partial charge in [0.05, 0.1) is 18.6 Å². The second-order valence-corrected chi connectivity index (χ2v) is 12.3. The van der Waals surface area contributed by atoms with Crippen molar-refractivity contribution < 1.29 is 41.8 Å². The summed E-state index contributed by atoms with van der Waals surface area (Å²) in [5, 5.41) is 2.78. The van der Waals surface area contributed by atoms with Crippen molar-refractivity contribution in [3.05, 3.63) is 119 Å². The molecular formula is C40H41F3N2O6. The Kier molecular flexibility index (Phi) is 12.7. The molecule has 11 heteroatoms. The van der Waals surface area contributed by atoms with Crippen molar-refractivity contribution >= 4 is 18.0 Å². The molecule has 0 radical (unpaired) electrons. The average Bonchev–Trinajstić information content (AvgIpc) is 3.13. The van der Waals surface area contributed by atoms with Crippen LogP contribution >= 0.6 is 0 Å². The van der Waals surface area contributed by atoms with Crippen molar-refractivity contribution in [1.82, 2.24) is 10.2 Å². The lowest BCUT2D eigenvalue weighted by Gasteiger charge is -2.35. The third-order valence-corrected chi connectivity index (χ3v) is 8.56. The van der Waals surface area contributed by atoms with E-state index in [1.54, 1.807) is 24.3 Å². The number of unbranched alkanes of at least 4 members (excludes halogenated alkanes) is 3. The Hall–Kier alpha value is -5.32. The Labute approximate surface area is 295 Å². The van der Waals surface area contributed by atoms with E-state index in [2.05, 4.69) is 12.2 Å².